The maximum atomic E-state index is 13.5. The molecule has 8 nitrogen and oxygen atoms in total. The summed E-state index contributed by atoms with van der Waals surface area (Å²) in [5.41, 5.74) is -0.109. The minimum Gasteiger partial charge on any atom is -0.454 e. The number of halogens is 3. The van der Waals surface area contributed by atoms with Crippen molar-refractivity contribution >= 4 is 23.1 Å². The predicted molar refractivity (Wildman–Crippen MR) is 98.7 cm³/mol. The highest BCUT2D eigenvalue weighted by atomic mass is 19.4. The third-order valence-corrected chi connectivity index (χ3v) is 4.36. The number of hydrogen-bond acceptors (Lipinski definition) is 8. The van der Waals surface area contributed by atoms with Gasteiger partial charge in [0.2, 0.25) is 19.5 Å². The topological polar surface area (TPSA) is 86.8 Å². The maximum absolute atomic E-state index is 13.5. The van der Waals surface area contributed by atoms with Gasteiger partial charge in [-0.15, -0.1) is 0 Å². The Morgan fingerprint density at radius 3 is 1.93 bits per heavy atom. The summed E-state index contributed by atoms with van der Waals surface area (Å²) in [5, 5.41) is 5.56. The number of aromatic nitrogens is 2. The first kappa shape index (κ1) is 18.2. The maximum Gasteiger partial charge on any atom is 0.421 e. The van der Waals surface area contributed by atoms with Crippen LogP contribution in [0.15, 0.2) is 42.6 Å². The van der Waals surface area contributed by atoms with Crippen molar-refractivity contribution in [2.24, 2.45) is 0 Å². The normalized spacial score (nSPS) is 14.0. The minimum absolute atomic E-state index is 0.0230. The molecule has 154 valence electrons. The van der Waals surface area contributed by atoms with E-state index in [0.29, 0.717) is 34.4 Å². The quantitative estimate of drug-likeness (QED) is 0.643. The number of nitrogens with zero attached hydrogens (tertiary/aromatic N) is 2. The number of benzene rings is 2. The first-order valence-corrected chi connectivity index (χ1v) is 8.73. The van der Waals surface area contributed by atoms with Crippen LogP contribution in [0.1, 0.15) is 5.56 Å². The Bertz CT molecular complexity index is 1120. The van der Waals surface area contributed by atoms with E-state index in [4.69, 9.17) is 18.9 Å². The first-order chi connectivity index (χ1) is 14.5. The van der Waals surface area contributed by atoms with Crippen LogP contribution in [0.3, 0.4) is 0 Å². The molecule has 0 aliphatic carbocycles. The average Bonchev–Trinajstić information content (AvgIpc) is 3.35. The molecule has 2 aliphatic heterocycles. The molecule has 2 N–H and O–H groups in total. The lowest BCUT2D eigenvalue weighted by Gasteiger charge is -2.15. The van der Waals surface area contributed by atoms with E-state index in [1.165, 1.54) is 6.07 Å². The lowest BCUT2D eigenvalue weighted by atomic mass is 10.2. The number of alkyl halides is 3. The Kier molecular flexibility index (Phi) is 4.16. The molecule has 3 heterocycles. The fourth-order valence-corrected chi connectivity index (χ4v) is 2.96. The first-order valence-electron chi connectivity index (χ1n) is 8.73. The molecule has 0 unspecified atom stereocenters. The molecule has 1 aromatic heterocycles. The van der Waals surface area contributed by atoms with Gasteiger partial charge in [-0.2, -0.15) is 18.2 Å². The van der Waals surface area contributed by atoms with Crippen molar-refractivity contribution in [2.75, 3.05) is 24.2 Å². The number of fused-ring (bicyclic) bond motifs is 2. The number of ether oxygens (including phenoxy) is 4. The van der Waals surface area contributed by atoms with Crippen LogP contribution in [0, 0.1) is 0 Å². The van der Waals surface area contributed by atoms with Crippen molar-refractivity contribution in [3.05, 3.63) is 48.2 Å². The number of nitrogens with one attached hydrogen (secondary N) is 2. The predicted octanol–water partition coefficient (Wildman–Crippen LogP) is 4.44. The second-order valence-electron chi connectivity index (χ2n) is 6.34. The van der Waals surface area contributed by atoms with Crippen molar-refractivity contribution in [3.8, 4) is 23.0 Å². The lowest BCUT2D eigenvalue weighted by molar-refractivity contribution is -0.137. The Balaban J connectivity index is 1.45. The van der Waals surface area contributed by atoms with E-state index >= 15 is 0 Å². The van der Waals surface area contributed by atoms with E-state index < -0.39 is 17.6 Å². The van der Waals surface area contributed by atoms with Gasteiger partial charge in [-0.25, -0.2) is 4.98 Å². The zero-order valence-electron chi connectivity index (χ0n) is 15.1. The van der Waals surface area contributed by atoms with Crippen LogP contribution in [0.4, 0.5) is 36.3 Å². The Morgan fingerprint density at radius 1 is 0.767 bits per heavy atom. The Hall–Kier alpha value is -3.89. The second-order valence-corrected chi connectivity index (χ2v) is 6.34. The fraction of sp³-hybridized carbons (Fsp3) is 0.158. The van der Waals surface area contributed by atoms with Gasteiger partial charge >= 0.3 is 6.18 Å². The molecule has 11 heteroatoms. The molecule has 0 bridgehead atoms. The standard InChI is InChI=1S/C19H13F3N4O4/c20-19(21,22)12-7-23-18(25-11-2-4-14-16(6-11)30-9-28-14)26-17(12)24-10-1-3-13-15(5-10)29-8-27-13/h1-7H,8-9H2,(H2,23,24,25,26). The van der Waals surface area contributed by atoms with Crippen LogP contribution < -0.4 is 29.6 Å². The molecule has 0 fully saturated rings. The van der Waals surface area contributed by atoms with Crippen molar-refractivity contribution in [1.82, 2.24) is 9.97 Å². The van der Waals surface area contributed by atoms with E-state index in [9.17, 15) is 13.2 Å². The summed E-state index contributed by atoms with van der Waals surface area (Å²) < 4.78 is 61.4. The third kappa shape index (κ3) is 3.45. The second kappa shape index (κ2) is 6.87. The van der Waals surface area contributed by atoms with Crippen molar-refractivity contribution in [3.63, 3.8) is 0 Å². The fourth-order valence-electron chi connectivity index (χ4n) is 2.96. The van der Waals surface area contributed by atoms with E-state index in [2.05, 4.69) is 20.6 Å². The van der Waals surface area contributed by atoms with E-state index in [-0.39, 0.29) is 19.5 Å². The largest absolute Gasteiger partial charge is 0.454 e. The van der Waals surface area contributed by atoms with Gasteiger partial charge in [-0.3, -0.25) is 0 Å². The summed E-state index contributed by atoms with van der Waals surface area (Å²) in [7, 11) is 0. The van der Waals surface area contributed by atoms with E-state index in [0.717, 1.165) is 6.20 Å². The Morgan fingerprint density at radius 2 is 1.33 bits per heavy atom. The number of anilines is 4. The van der Waals surface area contributed by atoms with Gasteiger partial charge in [0.1, 0.15) is 11.4 Å². The molecular formula is C19H13F3N4O4. The molecular weight excluding hydrogens is 405 g/mol. The van der Waals surface area contributed by atoms with Crippen LogP contribution >= 0.6 is 0 Å². The highest BCUT2D eigenvalue weighted by molar-refractivity contribution is 5.66. The van der Waals surface area contributed by atoms with Crippen molar-refractivity contribution < 1.29 is 32.1 Å². The molecule has 5 rings (SSSR count). The summed E-state index contributed by atoms with van der Waals surface area (Å²) in [5.74, 6) is 1.63. The monoisotopic (exact) mass is 418 g/mol. The van der Waals surface area contributed by atoms with Crippen molar-refractivity contribution in [1.29, 1.82) is 0 Å². The molecule has 0 amide bonds. The lowest BCUT2D eigenvalue weighted by Crippen LogP contribution is -2.12. The van der Waals surface area contributed by atoms with Crippen LogP contribution in [0.5, 0.6) is 23.0 Å². The molecule has 2 aliphatic rings. The zero-order valence-corrected chi connectivity index (χ0v) is 15.1. The van der Waals surface area contributed by atoms with E-state index in [1.807, 2.05) is 0 Å². The van der Waals surface area contributed by atoms with Crippen LogP contribution in [-0.2, 0) is 6.18 Å². The van der Waals surface area contributed by atoms with Gasteiger partial charge in [-0.1, -0.05) is 0 Å². The summed E-state index contributed by atoms with van der Waals surface area (Å²) in [6, 6.07) is 9.72. The molecule has 0 atom stereocenters. The van der Waals surface area contributed by atoms with Gasteiger partial charge in [0.05, 0.1) is 0 Å². The third-order valence-electron chi connectivity index (χ3n) is 4.36. The zero-order chi connectivity index (χ0) is 20.7. The highest BCUT2D eigenvalue weighted by Crippen LogP contribution is 2.39. The van der Waals surface area contributed by atoms with Gasteiger partial charge in [-0.05, 0) is 24.3 Å². The van der Waals surface area contributed by atoms with Crippen LogP contribution in [-0.4, -0.2) is 23.6 Å². The molecule has 0 saturated heterocycles. The van der Waals surface area contributed by atoms with Crippen LogP contribution in [0.25, 0.3) is 0 Å². The van der Waals surface area contributed by atoms with Gasteiger partial charge in [0, 0.05) is 29.7 Å². The summed E-state index contributed by atoms with van der Waals surface area (Å²) in [6.45, 7) is 0.170. The van der Waals surface area contributed by atoms with Crippen molar-refractivity contribution in [2.45, 2.75) is 6.18 Å². The van der Waals surface area contributed by atoms with Gasteiger partial charge < -0.3 is 29.6 Å². The van der Waals surface area contributed by atoms with Crippen LogP contribution in [0.2, 0.25) is 0 Å². The number of rotatable bonds is 4. The molecule has 0 saturated carbocycles. The molecule has 3 aromatic rings. The summed E-state index contributed by atoms with van der Waals surface area (Å²) >= 11 is 0. The molecule has 0 radical (unpaired) electrons. The highest BCUT2D eigenvalue weighted by Gasteiger charge is 2.35. The SMILES string of the molecule is FC(F)(F)c1cnc(Nc2ccc3c(c2)OCO3)nc1Nc1ccc2c(c1)OCO2. The number of hydrogen-bond donors (Lipinski definition) is 2. The average molecular weight is 418 g/mol. The summed E-state index contributed by atoms with van der Waals surface area (Å²) in [4.78, 5) is 7.81. The smallest absolute Gasteiger partial charge is 0.421 e. The van der Waals surface area contributed by atoms with E-state index in [1.54, 1.807) is 30.3 Å². The molecule has 0 spiro atoms. The summed E-state index contributed by atoms with van der Waals surface area (Å²) in [6.07, 6.45) is -3.92. The minimum atomic E-state index is -4.64. The molecule has 2 aromatic carbocycles. The molecule has 30 heavy (non-hydrogen) atoms. The van der Waals surface area contributed by atoms with Gasteiger partial charge in [0.15, 0.2) is 23.0 Å². The Labute approximate surface area is 167 Å². The van der Waals surface area contributed by atoms with Gasteiger partial charge in [0.25, 0.3) is 0 Å².